The first kappa shape index (κ1) is 23.8. The molecule has 35 heavy (non-hydrogen) atoms. The topological polar surface area (TPSA) is 168 Å². The van der Waals surface area contributed by atoms with E-state index in [9.17, 15) is 22.2 Å². The van der Waals surface area contributed by atoms with E-state index in [4.69, 9.17) is 20.3 Å². The van der Waals surface area contributed by atoms with E-state index in [1.165, 1.54) is 37.4 Å². The highest BCUT2D eigenvalue weighted by Crippen LogP contribution is 2.37. The molecule has 0 saturated heterocycles. The number of nitrogens with zero attached hydrogens (tertiary/aromatic N) is 2. The number of aliphatic carboxylic acids is 1. The van der Waals surface area contributed by atoms with E-state index in [2.05, 4.69) is 10.2 Å². The Hall–Kier alpha value is -4.36. The van der Waals surface area contributed by atoms with Crippen LogP contribution >= 0.6 is 0 Å². The fraction of sp³-hybridized carbons (Fsp3) is 0.0909. The fourth-order valence-electron chi connectivity index (χ4n) is 3.53. The Labute approximate surface area is 198 Å². The lowest BCUT2D eigenvalue weighted by atomic mass is 10.0. The summed E-state index contributed by atoms with van der Waals surface area (Å²) in [6, 6.07) is 12.5. The van der Waals surface area contributed by atoms with Crippen LogP contribution in [0.3, 0.4) is 0 Å². The minimum atomic E-state index is -4.91. The molecular formula is C22H19FN4O7S. The number of fused-ring (bicyclic) bond motifs is 1. The Morgan fingerprint density at radius 2 is 1.86 bits per heavy atom. The molecule has 4 aromatic rings. The molecule has 182 valence electrons. The molecule has 1 aromatic heterocycles. The van der Waals surface area contributed by atoms with Gasteiger partial charge in [0.25, 0.3) is 0 Å². The molecule has 0 amide bonds. The fourth-order valence-corrected chi connectivity index (χ4v) is 4.30. The van der Waals surface area contributed by atoms with E-state index in [1.54, 1.807) is 12.1 Å². The molecule has 0 radical (unpaired) electrons. The number of aromatic amines is 1. The van der Waals surface area contributed by atoms with Crippen LogP contribution in [0.25, 0.3) is 22.0 Å². The summed E-state index contributed by atoms with van der Waals surface area (Å²) >= 11 is 0. The Bertz CT molecular complexity index is 1520. The lowest BCUT2D eigenvalue weighted by Crippen LogP contribution is -2.26. The van der Waals surface area contributed by atoms with Gasteiger partial charge in [-0.3, -0.25) is 9.65 Å². The van der Waals surface area contributed by atoms with Crippen LogP contribution in [0.15, 0.2) is 54.6 Å². The Kier molecular flexibility index (Phi) is 6.20. The van der Waals surface area contributed by atoms with Crippen molar-refractivity contribution in [3.05, 3.63) is 60.4 Å². The van der Waals surface area contributed by atoms with Gasteiger partial charge >= 0.3 is 16.3 Å². The summed E-state index contributed by atoms with van der Waals surface area (Å²) in [6.45, 7) is -0.600. The third kappa shape index (κ3) is 4.81. The van der Waals surface area contributed by atoms with E-state index in [0.717, 1.165) is 12.1 Å². The number of nitrogens with one attached hydrogen (secondary N) is 1. The number of methoxy groups -OCH3 is 1. The first-order chi connectivity index (χ1) is 16.6. The summed E-state index contributed by atoms with van der Waals surface area (Å²) in [6.07, 6.45) is 0. The summed E-state index contributed by atoms with van der Waals surface area (Å²) in [4.78, 5) is 11.0. The van der Waals surface area contributed by atoms with Crippen LogP contribution in [0.4, 0.5) is 21.6 Å². The summed E-state index contributed by atoms with van der Waals surface area (Å²) < 4.78 is 59.4. The first-order valence-electron chi connectivity index (χ1n) is 9.92. The molecule has 3 aromatic carbocycles. The van der Waals surface area contributed by atoms with Gasteiger partial charge in [-0.15, -0.1) is 0 Å². The van der Waals surface area contributed by atoms with Gasteiger partial charge in [-0.1, -0.05) is 12.1 Å². The van der Waals surface area contributed by atoms with Crippen LogP contribution in [0, 0.1) is 5.82 Å². The maximum atomic E-state index is 14.5. The molecule has 0 aliphatic rings. The number of carboxylic acids is 1. The predicted molar refractivity (Wildman–Crippen MR) is 126 cm³/mol. The number of aromatic nitrogens is 2. The molecule has 11 nitrogen and oxygen atoms in total. The summed E-state index contributed by atoms with van der Waals surface area (Å²) in [5, 5.41) is 16.0. The maximum absolute atomic E-state index is 14.5. The summed E-state index contributed by atoms with van der Waals surface area (Å²) in [5.74, 6) is -1.56. The van der Waals surface area contributed by atoms with E-state index in [0.29, 0.717) is 26.3 Å². The largest absolute Gasteiger partial charge is 0.497 e. The number of carbonyl (C=O) groups is 1. The van der Waals surface area contributed by atoms with Gasteiger partial charge < -0.3 is 20.3 Å². The predicted octanol–water partition coefficient (Wildman–Crippen LogP) is 3.36. The molecule has 0 unspecified atom stereocenters. The van der Waals surface area contributed by atoms with Gasteiger partial charge in [-0.05, 0) is 47.5 Å². The van der Waals surface area contributed by atoms with Crippen molar-refractivity contribution in [1.29, 1.82) is 0 Å². The number of nitrogens with two attached hydrogens (primary N) is 1. The SMILES string of the molecule is COc1ccc(F)c(N(c2ccc(-c3cc(OCC(=O)O)c4c(N)n[nH]c4c3)cc2)S(=O)(=O)O)c1. The van der Waals surface area contributed by atoms with Crippen molar-refractivity contribution in [2.75, 3.05) is 23.8 Å². The number of hydrogen-bond donors (Lipinski definition) is 4. The highest BCUT2D eigenvalue weighted by molar-refractivity contribution is 7.87. The van der Waals surface area contributed by atoms with Gasteiger partial charge in [0.15, 0.2) is 12.4 Å². The molecule has 0 aliphatic heterocycles. The number of rotatable bonds is 8. The van der Waals surface area contributed by atoms with Crippen molar-refractivity contribution in [3.8, 4) is 22.6 Å². The van der Waals surface area contributed by atoms with Crippen molar-refractivity contribution >= 4 is 44.4 Å². The monoisotopic (exact) mass is 502 g/mol. The number of carboxylic acid groups (broad SMARTS) is 1. The quantitative estimate of drug-likeness (QED) is 0.264. The molecule has 5 N–H and O–H groups in total. The molecule has 0 spiro atoms. The molecular weight excluding hydrogens is 483 g/mol. The maximum Gasteiger partial charge on any atom is 0.364 e. The van der Waals surface area contributed by atoms with Crippen LogP contribution in [0.5, 0.6) is 11.5 Å². The number of hydrogen-bond acceptors (Lipinski definition) is 7. The molecule has 0 saturated carbocycles. The van der Waals surface area contributed by atoms with Gasteiger partial charge in [-0.25, -0.2) is 13.5 Å². The normalized spacial score (nSPS) is 11.4. The van der Waals surface area contributed by atoms with E-state index in [-0.39, 0.29) is 23.0 Å². The van der Waals surface area contributed by atoms with Crippen molar-refractivity contribution in [2.45, 2.75) is 0 Å². The number of nitrogen functional groups attached to an aromatic ring is 1. The van der Waals surface area contributed by atoms with Crippen LogP contribution in [-0.4, -0.2) is 48.0 Å². The highest BCUT2D eigenvalue weighted by atomic mass is 32.2. The van der Waals surface area contributed by atoms with E-state index in [1.807, 2.05) is 0 Å². The Morgan fingerprint density at radius 3 is 2.49 bits per heavy atom. The second kappa shape index (κ2) is 9.12. The average molecular weight is 502 g/mol. The van der Waals surface area contributed by atoms with Gasteiger partial charge in [0.2, 0.25) is 0 Å². The summed E-state index contributed by atoms with van der Waals surface area (Å²) in [5.41, 5.74) is 7.01. The third-order valence-corrected chi connectivity index (χ3v) is 5.91. The molecule has 0 aliphatic carbocycles. The molecule has 0 fully saturated rings. The lowest BCUT2D eigenvalue weighted by Gasteiger charge is -2.22. The lowest BCUT2D eigenvalue weighted by molar-refractivity contribution is -0.139. The number of H-pyrrole nitrogens is 1. The third-order valence-electron chi connectivity index (χ3n) is 5.04. The van der Waals surface area contributed by atoms with Crippen molar-refractivity contribution < 1.29 is 36.7 Å². The number of halogens is 1. The molecule has 4 rings (SSSR count). The standard InChI is InChI=1S/C22H19FN4O7S/c1-33-15-6-7-16(23)18(10-15)27(35(30,31)32)14-4-2-12(3-5-14)13-8-17-21(22(24)26-25-17)19(9-13)34-11-20(28)29/h2-10H,11H2,1H3,(H,28,29)(H3,24,25,26)(H,30,31,32). The van der Waals surface area contributed by atoms with Gasteiger partial charge in [-0.2, -0.15) is 13.5 Å². The van der Waals surface area contributed by atoms with Crippen LogP contribution in [0.1, 0.15) is 0 Å². The average Bonchev–Trinajstić information content (AvgIpc) is 3.19. The van der Waals surface area contributed by atoms with Crippen molar-refractivity contribution in [3.63, 3.8) is 0 Å². The van der Waals surface area contributed by atoms with Crippen LogP contribution < -0.4 is 19.5 Å². The molecule has 13 heteroatoms. The summed E-state index contributed by atoms with van der Waals surface area (Å²) in [7, 11) is -3.57. The Morgan fingerprint density at radius 1 is 1.14 bits per heavy atom. The van der Waals surface area contributed by atoms with E-state index < -0.39 is 34.4 Å². The second-order valence-electron chi connectivity index (χ2n) is 7.29. The number of ether oxygens (including phenoxy) is 2. The molecule has 1 heterocycles. The van der Waals surface area contributed by atoms with Gasteiger partial charge in [0.1, 0.15) is 17.3 Å². The number of anilines is 3. The van der Waals surface area contributed by atoms with Gasteiger partial charge in [0, 0.05) is 6.07 Å². The highest BCUT2D eigenvalue weighted by Gasteiger charge is 2.26. The van der Waals surface area contributed by atoms with Crippen LogP contribution in [-0.2, 0) is 15.1 Å². The zero-order valence-corrected chi connectivity index (χ0v) is 18.9. The van der Waals surface area contributed by atoms with Crippen LogP contribution in [0.2, 0.25) is 0 Å². The minimum Gasteiger partial charge on any atom is -0.497 e. The number of benzene rings is 3. The smallest absolute Gasteiger partial charge is 0.364 e. The molecule has 0 bridgehead atoms. The van der Waals surface area contributed by atoms with Crippen molar-refractivity contribution in [1.82, 2.24) is 10.2 Å². The van der Waals surface area contributed by atoms with E-state index >= 15 is 0 Å². The van der Waals surface area contributed by atoms with Gasteiger partial charge in [0.05, 0.1) is 29.4 Å². The second-order valence-corrected chi connectivity index (χ2v) is 8.56. The Balaban J connectivity index is 1.77. The zero-order valence-electron chi connectivity index (χ0n) is 18.1. The first-order valence-corrected chi connectivity index (χ1v) is 11.3. The zero-order chi connectivity index (χ0) is 25.3. The molecule has 0 atom stereocenters. The minimum absolute atomic E-state index is 0.0439. The van der Waals surface area contributed by atoms with Crippen molar-refractivity contribution in [2.24, 2.45) is 0 Å².